The highest BCUT2D eigenvalue weighted by molar-refractivity contribution is 7.90. The Morgan fingerprint density at radius 3 is 2.28 bits per heavy atom. The highest BCUT2D eigenvalue weighted by Crippen LogP contribution is 2.20. The van der Waals surface area contributed by atoms with Crippen LogP contribution in [0.4, 0.5) is 16.3 Å². The van der Waals surface area contributed by atoms with E-state index in [0.29, 0.717) is 19.5 Å². The molecule has 0 radical (unpaired) electrons. The maximum Gasteiger partial charge on any atom is 0.328 e. The van der Waals surface area contributed by atoms with E-state index in [1.165, 1.54) is 12.1 Å². The van der Waals surface area contributed by atoms with Crippen molar-refractivity contribution >= 4 is 27.6 Å². The second-order valence-corrected chi connectivity index (χ2v) is 9.07. The van der Waals surface area contributed by atoms with Gasteiger partial charge in [0, 0.05) is 25.0 Å². The Hall–Kier alpha value is -3.43. The molecule has 1 heterocycles. The predicted octanol–water partition coefficient (Wildman–Crippen LogP) is 3.13. The van der Waals surface area contributed by atoms with Crippen molar-refractivity contribution in [3.05, 3.63) is 83.0 Å². The Balaban J connectivity index is 1.49. The lowest BCUT2D eigenvalue weighted by Crippen LogP contribution is -2.40. The van der Waals surface area contributed by atoms with Crippen molar-refractivity contribution in [1.82, 2.24) is 15.0 Å². The molecule has 0 aliphatic rings. The first kappa shape index (κ1) is 23.2. The summed E-state index contributed by atoms with van der Waals surface area (Å²) in [5, 5.41) is 5.87. The van der Waals surface area contributed by atoms with Gasteiger partial charge in [0.1, 0.15) is 5.82 Å². The number of aryl methyl sites for hydroxylation is 1. The van der Waals surface area contributed by atoms with Crippen LogP contribution in [-0.4, -0.2) is 26.0 Å². The number of anilines is 2. The average molecular weight is 454 g/mol. The van der Waals surface area contributed by atoms with Gasteiger partial charge >= 0.3 is 6.03 Å². The van der Waals surface area contributed by atoms with E-state index < -0.39 is 16.1 Å². The molecule has 0 aliphatic heterocycles. The number of nitrogens with zero attached hydrogens (tertiary/aromatic N) is 1. The van der Waals surface area contributed by atoms with E-state index in [1.54, 1.807) is 18.3 Å². The summed E-state index contributed by atoms with van der Waals surface area (Å²) in [5.74, 6) is 0.815. The number of aromatic nitrogens is 1. The molecule has 0 atom stereocenters. The van der Waals surface area contributed by atoms with E-state index >= 15 is 0 Å². The van der Waals surface area contributed by atoms with Crippen LogP contribution in [0, 0.1) is 13.8 Å². The number of hydrogen-bond donors (Lipinski definition) is 4. The zero-order valence-corrected chi connectivity index (χ0v) is 18.9. The first-order chi connectivity index (χ1) is 15.3. The molecule has 2 aromatic carbocycles. The molecule has 0 bridgehead atoms. The summed E-state index contributed by atoms with van der Waals surface area (Å²) in [4.78, 5) is 16.4. The van der Waals surface area contributed by atoms with Crippen molar-refractivity contribution in [3.8, 4) is 0 Å². The zero-order chi connectivity index (χ0) is 23.1. The first-order valence-electron chi connectivity index (χ1n) is 10.2. The van der Waals surface area contributed by atoms with Crippen LogP contribution in [0.5, 0.6) is 0 Å². The fourth-order valence-corrected chi connectivity index (χ4v) is 3.92. The maximum atomic E-state index is 12.3. The van der Waals surface area contributed by atoms with Crippen LogP contribution in [0.3, 0.4) is 0 Å². The number of nitrogens with two attached hydrogens (primary N) is 1. The monoisotopic (exact) mass is 453 g/mol. The van der Waals surface area contributed by atoms with Crippen LogP contribution < -0.4 is 21.1 Å². The summed E-state index contributed by atoms with van der Waals surface area (Å²) in [5.41, 5.74) is 10.5. The lowest BCUT2D eigenvalue weighted by Gasteiger charge is -2.11. The van der Waals surface area contributed by atoms with E-state index in [0.717, 1.165) is 33.8 Å². The van der Waals surface area contributed by atoms with E-state index in [2.05, 4.69) is 15.6 Å². The minimum atomic E-state index is -3.94. The van der Waals surface area contributed by atoms with Gasteiger partial charge < -0.3 is 16.4 Å². The Bertz CT molecular complexity index is 1180. The number of nitrogens with one attached hydrogen (secondary N) is 3. The molecular formula is C23H27N5O3S. The zero-order valence-electron chi connectivity index (χ0n) is 18.1. The van der Waals surface area contributed by atoms with Gasteiger partial charge in [-0.2, -0.15) is 0 Å². The van der Waals surface area contributed by atoms with Crippen molar-refractivity contribution in [2.75, 3.05) is 11.9 Å². The second-order valence-electron chi connectivity index (χ2n) is 7.38. The van der Waals surface area contributed by atoms with Crippen LogP contribution >= 0.6 is 0 Å². The van der Waals surface area contributed by atoms with Crippen molar-refractivity contribution in [3.63, 3.8) is 0 Å². The Kier molecular flexibility index (Phi) is 7.45. The number of urea groups is 1. The second kappa shape index (κ2) is 10.3. The van der Waals surface area contributed by atoms with Crippen LogP contribution in [0.2, 0.25) is 0 Å². The summed E-state index contributed by atoms with van der Waals surface area (Å²) in [6.07, 6.45) is 2.33. The predicted molar refractivity (Wildman–Crippen MR) is 125 cm³/mol. The number of hydrogen-bond acceptors (Lipinski definition) is 6. The van der Waals surface area contributed by atoms with Crippen LogP contribution in [0.25, 0.3) is 0 Å². The summed E-state index contributed by atoms with van der Waals surface area (Å²) in [7, 11) is -3.94. The van der Waals surface area contributed by atoms with E-state index in [-0.39, 0.29) is 4.90 Å². The number of carbonyl (C=O) groups excluding carboxylic acids is 1. The maximum absolute atomic E-state index is 12.3. The molecule has 1 aromatic heterocycles. The molecule has 0 fully saturated rings. The van der Waals surface area contributed by atoms with Gasteiger partial charge in [-0.15, -0.1) is 0 Å². The molecule has 0 saturated heterocycles. The fourth-order valence-electron chi connectivity index (χ4n) is 2.99. The molecule has 32 heavy (non-hydrogen) atoms. The number of carbonyl (C=O) groups is 1. The number of pyridine rings is 1. The van der Waals surface area contributed by atoms with Crippen LogP contribution in [0.15, 0.2) is 65.7 Å². The molecule has 2 amide bonds. The van der Waals surface area contributed by atoms with Gasteiger partial charge in [0.2, 0.25) is 0 Å². The largest absolute Gasteiger partial charge is 0.340 e. The summed E-state index contributed by atoms with van der Waals surface area (Å²) >= 11 is 0. The van der Waals surface area contributed by atoms with Gasteiger partial charge in [-0.3, -0.25) is 0 Å². The minimum Gasteiger partial charge on any atom is -0.340 e. The molecule has 8 nitrogen and oxygen atoms in total. The first-order valence-corrected chi connectivity index (χ1v) is 11.6. The molecular weight excluding hydrogens is 426 g/mol. The molecule has 0 unspecified atom stereocenters. The van der Waals surface area contributed by atoms with Gasteiger partial charge in [-0.25, -0.2) is 22.9 Å². The fraction of sp³-hybridized carbons (Fsp3) is 0.217. The lowest BCUT2D eigenvalue weighted by atomic mass is 10.1. The average Bonchev–Trinajstić information content (AvgIpc) is 2.78. The van der Waals surface area contributed by atoms with Gasteiger partial charge in [0.25, 0.3) is 10.0 Å². The molecule has 0 aliphatic carbocycles. The van der Waals surface area contributed by atoms with Crippen LogP contribution in [-0.2, 0) is 23.0 Å². The SMILES string of the molecule is Cc1ccnc(Nc2ccc(CCNC(=O)NS(=O)(=O)c3ccc(CN)cc3)cc2)c1C. The van der Waals surface area contributed by atoms with Gasteiger partial charge in [-0.1, -0.05) is 24.3 Å². The molecule has 5 N–H and O–H groups in total. The Morgan fingerprint density at radius 2 is 1.62 bits per heavy atom. The van der Waals surface area contributed by atoms with Crippen molar-refractivity contribution in [2.24, 2.45) is 5.73 Å². The third-order valence-corrected chi connectivity index (χ3v) is 6.43. The lowest BCUT2D eigenvalue weighted by molar-refractivity contribution is 0.246. The third-order valence-electron chi connectivity index (χ3n) is 5.09. The number of sulfonamides is 1. The summed E-state index contributed by atoms with van der Waals surface area (Å²) < 4.78 is 26.6. The minimum absolute atomic E-state index is 0.00581. The van der Waals surface area contributed by atoms with Gasteiger partial charge in [0.15, 0.2) is 0 Å². The van der Waals surface area contributed by atoms with Gasteiger partial charge in [0.05, 0.1) is 4.90 Å². The Labute approximate surface area is 188 Å². The molecule has 168 valence electrons. The summed E-state index contributed by atoms with van der Waals surface area (Å²) in [6, 6.07) is 15.0. The van der Waals surface area contributed by atoms with E-state index in [4.69, 9.17) is 5.73 Å². The number of amides is 2. The quantitative estimate of drug-likeness (QED) is 0.415. The highest BCUT2D eigenvalue weighted by atomic mass is 32.2. The topological polar surface area (TPSA) is 126 Å². The van der Waals surface area contributed by atoms with Crippen LogP contribution in [0.1, 0.15) is 22.3 Å². The molecule has 9 heteroatoms. The molecule has 0 spiro atoms. The number of rotatable bonds is 8. The normalized spacial score (nSPS) is 11.1. The molecule has 3 rings (SSSR count). The third kappa shape index (κ3) is 6.05. The Morgan fingerprint density at radius 1 is 0.969 bits per heavy atom. The summed E-state index contributed by atoms with van der Waals surface area (Å²) in [6.45, 7) is 4.66. The van der Waals surface area contributed by atoms with Gasteiger partial charge in [-0.05, 0) is 72.9 Å². The number of benzene rings is 2. The van der Waals surface area contributed by atoms with Crippen molar-refractivity contribution in [2.45, 2.75) is 31.7 Å². The van der Waals surface area contributed by atoms with E-state index in [9.17, 15) is 13.2 Å². The van der Waals surface area contributed by atoms with E-state index in [1.807, 2.05) is 48.9 Å². The van der Waals surface area contributed by atoms with Crippen molar-refractivity contribution in [1.29, 1.82) is 0 Å². The molecule has 0 saturated carbocycles. The smallest absolute Gasteiger partial charge is 0.328 e. The highest BCUT2D eigenvalue weighted by Gasteiger charge is 2.17. The standard InChI is InChI=1S/C23H27N5O3S/c1-16-11-13-25-22(17(16)2)27-20-7-3-18(4-8-20)12-14-26-23(29)28-32(30,31)21-9-5-19(15-24)6-10-21/h3-11,13H,12,14-15,24H2,1-2H3,(H,25,27)(H2,26,28,29). The molecule has 3 aromatic rings. The van der Waals surface area contributed by atoms with Crippen molar-refractivity contribution < 1.29 is 13.2 Å².